The van der Waals surface area contributed by atoms with E-state index >= 15 is 0 Å². The number of ether oxygens (including phenoxy) is 1. The van der Waals surface area contributed by atoms with Crippen LogP contribution in [0.25, 0.3) is 0 Å². The average molecular weight is 331 g/mol. The van der Waals surface area contributed by atoms with Gasteiger partial charge in [-0.05, 0) is 25.1 Å². The van der Waals surface area contributed by atoms with Crippen LogP contribution in [0.4, 0.5) is 19.0 Å². The van der Waals surface area contributed by atoms with E-state index in [2.05, 4.69) is 14.6 Å². The molecule has 1 aromatic heterocycles. The minimum absolute atomic E-state index is 0.211. The summed E-state index contributed by atoms with van der Waals surface area (Å²) in [6.07, 6.45) is -2.34. The summed E-state index contributed by atoms with van der Waals surface area (Å²) in [5.74, 6) is 0.352. The summed E-state index contributed by atoms with van der Waals surface area (Å²) in [5, 5.41) is 0. The van der Waals surface area contributed by atoms with Crippen molar-refractivity contribution < 1.29 is 22.7 Å². The number of hydrogen-bond acceptors (Lipinski definition) is 5. The van der Waals surface area contributed by atoms with E-state index in [1.807, 2.05) is 4.90 Å². The second-order valence-corrected chi connectivity index (χ2v) is 5.41. The number of carbonyl (C=O) groups is 1. The Balaban J connectivity index is 1.79. The predicted octanol–water partition coefficient (Wildman–Crippen LogP) is 2.18. The van der Waals surface area contributed by atoms with Gasteiger partial charge in [0.05, 0.1) is 12.7 Å². The van der Waals surface area contributed by atoms with Gasteiger partial charge in [-0.1, -0.05) is 0 Å². The zero-order valence-corrected chi connectivity index (χ0v) is 13.0. The quantitative estimate of drug-likeness (QED) is 0.774. The van der Waals surface area contributed by atoms with Gasteiger partial charge in [0.2, 0.25) is 0 Å². The number of nitrogens with zero attached hydrogens (tertiary/aromatic N) is 3. The Morgan fingerprint density at radius 2 is 1.96 bits per heavy atom. The molecular formula is C15H20F3N3O2. The first-order valence-corrected chi connectivity index (χ1v) is 7.47. The highest BCUT2D eigenvalue weighted by Crippen LogP contribution is 2.29. The maximum atomic E-state index is 12.5. The van der Waals surface area contributed by atoms with Crippen molar-refractivity contribution in [2.24, 2.45) is 0 Å². The fraction of sp³-hybridized carbons (Fsp3) is 0.600. The van der Waals surface area contributed by atoms with Crippen molar-refractivity contribution in [2.45, 2.75) is 19.0 Å². The van der Waals surface area contributed by atoms with E-state index < -0.39 is 11.7 Å². The Morgan fingerprint density at radius 1 is 1.26 bits per heavy atom. The lowest BCUT2D eigenvalue weighted by atomic mass is 10.2. The second kappa shape index (κ2) is 7.63. The molecule has 5 nitrogen and oxygen atoms in total. The van der Waals surface area contributed by atoms with Gasteiger partial charge in [-0.15, -0.1) is 0 Å². The number of rotatable bonds is 5. The molecule has 128 valence electrons. The van der Waals surface area contributed by atoms with Crippen LogP contribution in [0, 0.1) is 0 Å². The molecule has 0 aliphatic carbocycles. The van der Waals surface area contributed by atoms with Crippen LogP contribution < -0.4 is 4.90 Å². The van der Waals surface area contributed by atoms with Crippen LogP contribution in [0.15, 0.2) is 18.3 Å². The first-order valence-electron chi connectivity index (χ1n) is 7.47. The summed E-state index contributed by atoms with van der Waals surface area (Å²) >= 11 is 0. The molecule has 23 heavy (non-hydrogen) atoms. The molecule has 0 atom stereocenters. The summed E-state index contributed by atoms with van der Waals surface area (Å²) in [5.41, 5.74) is -0.734. The lowest BCUT2D eigenvalue weighted by Crippen LogP contribution is -2.47. The second-order valence-electron chi connectivity index (χ2n) is 5.41. The third-order valence-corrected chi connectivity index (χ3v) is 3.85. The minimum atomic E-state index is -4.36. The number of alkyl halides is 3. The van der Waals surface area contributed by atoms with Gasteiger partial charge in [0.1, 0.15) is 5.82 Å². The number of esters is 1. The summed E-state index contributed by atoms with van der Waals surface area (Å²) < 4.78 is 42.2. The molecule has 0 aromatic carbocycles. The first kappa shape index (κ1) is 17.5. The molecule has 1 saturated heterocycles. The largest absolute Gasteiger partial charge is 0.469 e. The Bertz CT molecular complexity index is 512. The third-order valence-electron chi connectivity index (χ3n) is 3.85. The fourth-order valence-corrected chi connectivity index (χ4v) is 2.49. The summed E-state index contributed by atoms with van der Waals surface area (Å²) in [7, 11) is 1.37. The molecular weight excluding hydrogens is 311 g/mol. The number of anilines is 1. The van der Waals surface area contributed by atoms with Gasteiger partial charge in [0.25, 0.3) is 0 Å². The topological polar surface area (TPSA) is 45.7 Å². The third kappa shape index (κ3) is 5.09. The lowest BCUT2D eigenvalue weighted by Gasteiger charge is -2.35. The summed E-state index contributed by atoms with van der Waals surface area (Å²) in [6, 6.07) is 2.47. The normalized spacial score (nSPS) is 16.4. The fourth-order valence-electron chi connectivity index (χ4n) is 2.49. The highest BCUT2D eigenvalue weighted by atomic mass is 19.4. The van der Waals surface area contributed by atoms with Crippen molar-refractivity contribution in [3.05, 3.63) is 23.9 Å². The molecule has 0 N–H and O–H groups in total. The zero-order chi connectivity index (χ0) is 16.9. The molecule has 0 radical (unpaired) electrons. The highest BCUT2D eigenvalue weighted by molar-refractivity contribution is 5.69. The molecule has 2 heterocycles. The van der Waals surface area contributed by atoms with Crippen LogP contribution in [0.1, 0.15) is 18.4 Å². The zero-order valence-electron chi connectivity index (χ0n) is 13.0. The van der Waals surface area contributed by atoms with Crippen molar-refractivity contribution in [2.75, 3.05) is 44.7 Å². The van der Waals surface area contributed by atoms with Crippen molar-refractivity contribution in [1.29, 1.82) is 0 Å². The molecule has 0 bridgehead atoms. The van der Waals surface area contributed by atoms with E-state index in [0.29, 0.717) is 25.3 Å². The number of methoxy groups -OCH3 is 1. The summed E-state index contributed by atoms with van der Waals surface area (Å²) in [4.78, 5) is 19.2. The van der Waals surface area contributed by atoms with Crippen LogP contribution in [0.5, 0.6) is 0 Å². The van der Waals surface area contributed by atoms with E-state index in [9.17, 15) is 18.0 Å². The van der Waals surface area contributed by atoms with Crippen LogP contribution in [0.3, 0.4) is 0 Å². The van der Waals surface area contributed by atoms with Gasteiger partial charge < -0.3 is 9.64 Å². The Labute approximate surface area is 133 Å². The van der Waals surface area contributed by atoms with E-state index in [4.69, 9.17) is 0 Å². The molecule has 1 aliphatic heterocycles. The number of carbonyl (C=O) groups excluding carboxylic acids is 1. The van der Waals surface area contributed by atoms with Gasteiger partial charge in [-0.3, -0.25) is 9.69 Å². The maximum absolute atomic E-state index is 12.5. The van der Waals surface area contributed by atoms with Crippen molar-refractivity contribution in [1.82, 2.24) is 9.88 Å². The highest BCUT2D eigenvalue weighted by Gasteiger charge is 2.31. The molecule has 0 unspecified atom stereocenters. The van der Waals surface area contributed by atoms with E-state index in [1.54, 1.807) is 0 Å². The molecule has 0 saturated carbocycles. The summed E-state index contributed by atoms with van der Waals surface area (Å²) in [6.45, 7) is 3.81. The number of hydrogen-bond donors (Lipinski definition) is 0. The average Bonchev–Trinajstić information content (AvgIpc) is 2.54. The van der Waals surface area contributed by atoms with E-state index in [0.717, 1.165) is 38.3 Å². The number of halogens is 3. The number of piperazine rings is 1. The minimum Gasteiger partial charge on any atom is -0.469 e. The van der Waals surface area contributed by atoms with Crippen molar-refractivity contribution in [3.63, 3.8) is 0 Å². The van der Waals surface area contributed by atoms with Gasteiger partial charge >= 0.3 is 12.1 Å². The Hall–Kier alpha value is -1.83. The van der Waals surface area contributed by atoms with Crippen LogP contribution in [-0.4, -0.2) is 55.7 Å². The van der Waals surface area contributed by atoms with Crippen LogP contribution in [-0.2, 0) is 15.7 Å². The molecule has 2 rings (SSSR count). The number of pyridine rings is 1. The van der Waals surface area contributed by atoms with Gasteiger partial charge in [0.15, 0.2) is 0 Å². The molecule has 1 aromatic rings. The van der Waals surface area contributed by atoms with Gasteiger partial charge in [-0.25, -0.2) is 4.98 Å². The van der Waals surface area contributed by atoms with Crippen LogP contribution >= 0.6 is 0 Å². The molecule has 1 fully saturated rings. The molecule has 1 aliphatic rings. The maximum Gasteiger partial charge on any atom is 0.417 e. The molecule has 8 heteroatoms. The van der Waals surface area contributed by atoms with Crippen molar-refractivity contribution in [3.8, 4) is 0 Å². The monoisotopic (exact) mass is 331 g/mol. The van der Waals surface area contributed by atoms with Crippen LogP contribution in [0.2, 0.25) is 0 Å². The van der Waals surface area contributed by atoms with Crippen molar-refractivity contribution >= 4 is 11.8 Å². The lowest BCUT2D eigenvalue weighted by molar-refractivity contribution is -0.141. The first-order chi connectivity index (χ1) is 10.9. The predicted molar refractivity (Wildman–Crippen MR) is 79.1 cm³/mol. The smallest absolute Gasteiger partial charge is 0.417 e. The Kier molecular flexibility index (Phi) is 5.81. The van der Waals surface area contributed by atoms with Gasteiger partial charge in [0, 0.05) is 38.8 Å². The van der Waals surface area contributed by atoms with Gasteiger partial charge in [-0.2, -0.15) is 13.2 Å². The number of aromatic nitrogens is 1. The standard InChI is InChI=1S/C15H20F3N3O2/c1-23-14(22)3-2-6-20-7-9-21(10-8-20)13-5-4-12(11-19-13)15(16,17)18/h4-5,11H,2-3,6-10H2,1H3. The van der Waals surface area contributed by atoms with E-state index in [1.165, 1.54) is 13.2 Å². The Morgan fingerprint density at radius 3 is 2.48 bits per heavy atom. The SMILES string of the molecule is COC(=O)CCCN1CCN(c2ccc(C(F)(F)F)cn2)CC1. The molecule has 0 amide bonds. The van der Waals surface area contributed by atoms with E-state index in [-0.39, 0.29) is 5.97 Å². The molecule has 0 spiro atoms.